The van der Waals surface area contributed by atoms with E-state index in [0.717, 1.165) is 77.7 Å². The van der Waals surface area contributed by atoms with E-state index < -0.39 is 0 Å². The average molecular weight is 494 g/mol. The van der Waals surface area contributed by atoms with E-state index in [1.54, 1.807) is 0 Å². The second kappa shape index (κ2) is 13.5. The molecular formula is C19H39IN6O. The van der Waals surface area contributed by atoms with Crippen molar-refractivity contribution in [1.82, 2.24) is 25.3 Å². The third kappa shape index (κ3) is 9.43. The fourth-order valence-corrected chi connectivity index (χ4v) is 3.29. The number of rotatable bonds is 10. The summed E-state index contributed by atoms with van der Waals surface area (Å²) >= 11 is 0. The van der Waals surface area contributed by atoms with Gasteiger partial charge in [0.1, 0.15) is 0 Å². The molecule has 1 heterocycles. The lowest BCUT2D eigenvalue weighted by atomic mass is 10.3. The fourth-order valence-electron chi connectivity index (χ4n) is 3.29. The number of amides is 1. The molecule has 1 aliphatic heterocycles. The molecule has 1 saturated carbocycles. The topological polar surface area (TPSA) is 63.2 Å². The first-order valence-corrected chi connectivity index (χ1v) is 10.4. The smallest absolute Gasteiger partial charge is 0.234 e. The molecular weight excluding hydrogens is 455 g/mol. The van der Waals surface area contributed by atoms with Gasteiger partial charge in [-0.3, -0.25) is 14.7 Å². The van der Waals surface area contributed by atoms with Gasteiger partial charge < -0.3 is 20.4 Å². The van der Waals surface area contributed by atoms with Crippen molar-refractivity contribution in [2.75, 3.05) is 65.4 Å². The van der Waals surface area contributed by atoms with Gasteiger partial charge in [0, 0.05) is 45.3 Å². The summed E-state index contributed by atoms with van der Waals surface area (Å²) in [5, 5.41) is 6.50. The summed E-state index contributed by atoms with van der Waals surface area (Å²) in [5.41, 5.74) is 0. The first-order chi connectivity index (χ1) is 12.7. The van der Waals surface area contributed by atoms with E-state index in [9.17, 15) is 4.79 Å². The Hall–Kier alpha value is -0.610. The summed E-state index contributed by atoms with van der Waals surface area (Å²) in [6, 6.07) is 0.451. The van der Waals surface area contributed by atoms with Gasteiger partial charge in [0.25, 0.3) is 0 Å². The van der Waals surface area contributed by atoms with Crippen LogP contribution in [0, 0.1) is 0 Å². The van der Waals surface area contributed by atoms with Gasteiger partial charge >= 0.3 is 0 Å². The number of hydrogen-bond acceptors (Lipinski definition) is 4. The standard InChI is InChI=1S/C19H38N6O.HI/c1-4-10-23(6-3)11-9-21-19(20-5-2)25-14-12-24(13-15-25)16-18(26)22-17-7-8-17;/h17H,4-16H2,1-3H3,(H,20,21)(H,22,26);1H. The van der Waals surface area contributed by atoms with Crippen molar-refractivity contribution >= 4 is 35.8 Å². The lowest BCUT2D eigenvalue weighted by Crippen LogP contribution is -2.54. The Balaban J connectivity index is 0.00000364. The highest BCUT2D eigenvalue weighted by atomic mass is 127. The Morgan fingerprint density at radius 3 is 2.37 bits per heavy atom. The summed E-state index contributed by atoms with van der Waals surface area (Å²) in [6.45, 7) is 15.7. The van der Waals surface area contributed by atoms with E-state index >= 15 is 0 Å². The number of carbonyl (C=O) groups is 1. The SMILES string of the molecule is CCCN(CC)CCN=C(NCC)N1CCN(CC(=O)NC2CC2)CC1.I. The number of guanidine groups is 1. The van der Waals surface area contributed by atoms with Crippen LogP contribution in [0.3, 0.4) is 0 Å². The van der Waals surface area contributed by atoms with Crippen LogP contribution in [0.2, 0.25) is 0 Å². The number of nitrogens with one attached hydrogen (secondary N) is 2. The maximum atomic E-state index is 12.0. The van der Waals surface area contributed by atoms with Crippen molar-refractivity contribution < 1.29 is 4.79 Å². The van der Waals surface area contributed by atoms with Gasteiger partial charge in [-0.05, 0) is 39.3 Å². The lowest BCUT2D eigenvalue weighted by molar-refractivity contribution is -0.122. The molecule has 0 unspecified atom stereocenters. The zero-order chi connectivity index (χ0) is 18.8. The van der Waals surface area contributed by atoms with E-state index in [-0.39, 0.29) is 29.9 Å². The van der Waals surface area contributed by atoms with Crippen molar-refractivity contribution in [1.29, 1.82) is 0 Å². The fraction of sp³-hybridized carbons (Fsp3) is 0.895. The first kappa shape index (κ1) is 24.4. The molecule has 2 aliphatic rings. The first-order valence-electron chi connectivity index (χ1n) is 10.4. The Bertz CT molecular complexity index is 449. The Morgan fingerprint density at radius 2 is 1.81 bits per heavy atom. The Kier molecular flexibility index (Phi) is 12.3. The molecule has 2 N–H and O–H groups in total. The molecule has 1 amide bonds. The lowest BCUT2D eigenvalue weighted by Gasteiger charge is -2.36. The number of carbonyl (C=O) groups excluding carboxylic acids is 1. The second-order valence-electron chi connectivity index (χ2n) is 7.27. The van der Waals surface area contributed by atoms with Gasteiger partial charge in [-0.25, -0.2) is 0 Å². The molecule has 2 fully saturated rings. The molecule has 0 radical (unpaired) electrons. The van der Waals surface area contributed by atoms with Gasteiger partial charge in [0.2, 0.25) is 5.91 Å². The maximum absolute atomic E-state index is 12.0. The molecule has 0 aromatic carbocycles. The highest BCUT2D eigenvalue weighted by molar-refractivity contribution is 14.0. The predicted octanol–water partition coefficient (Wildman–Crippen LogP) is 1.20. The minimum Gasteiger partial charge on any atom is -0.357 e. The third-order valence-corrected chi connectivity index (χ3v) is 4.98. The van der Waals surface area contributed by atoms with Crippen molar-refractivity contribution in [3.63, 3.8) is 0 Å². The molecule has 0 spiro atoms. The molecule has 2 rings (SSSR count). The minimum atomic E-state index is 0. The van der Waals surface area contributed by atoms with Gasteiger partial charge in [-0.2, -0.15) is 0 Å². The summed E-state index contributed by atoms with van der Waals surface area (Å²) < 4.78 is 0. The molecule has 7 nitrogen and oxygen atoms in total. The van der Waals surface area contributed by atoms with Gasteiger partial charge in [-0.15, -0.1) is 24.0 Å². The molecule has 0 atom stereocenters. The van der Waals surface area contributed by atoms with Gasteiger partial charge in [-0.1, -0.05) is 13.8 Å². The number of halogens is 1. The molecule has 0 aromatic rings. The molecule has 1 aliphatic carbocycles. The largest absolute Gasteiger partial charge is 0.357 e. The maximum Gasteiger partial charge on any atom is 0.234 e. The van der Waals surface area contributed by atoms with Crippen LogP contribution < -0.4 is 10.6 Å². The van der Waals surface area contributed by atoms with Gasteiger partial charge in [0.15, 0.2) is 5.96 Å². The zero-order valence-electron chi connectivity index (χ0n) is 17.4. The normalized spacial score (nSPS) is 18.4. The summed E-state index contributed by atoms with van der Waals surface area (Å²) in [6.07, 6.45) is 3.49. The number of aliphatic imine (C=N–C) groups is 1. The quantitative estimate of drug-likeness (QED) is 0.272. The van der Waals surface area contributed by atoms with Crippen LogP contribution >= 0.6 is 24.0 Å². The highest BCUT2D eigenvalue weighted by Gasteiger charge is 2.25. The molecule has 1 saturated heterocycles. The molecule has 0 bridgehead atoms. The Labute approximate surface area is 182 Å². The van der Waals surface area contributed by atoms with Crippen LogP contribution in [0.4, 0.5) is 0 Å². The van der Waals surface area contributed by atoms with Crippen LogP contribution in [-0.2, 0) is 4.79 Å². The third-order valence-electron chi connectivity index (χ3n) is 4.98. The van der Waals surface area contributed by atoms with Crippen molar-refractivity contribution in [2.45, 2.75) is 46.1 Å². The van der Waals surface area contributed by atoms with Crippen LogP contribution in [-0.4, -0.2) is 98.1 Å². The van der Waals surface area contributed by atoms with E-state index in [2.05, 4.69) is 46.1 Å². The summed E-state index contributed by atoms with van der Waals surface area (Å²) in [4.78, 5) is 23.8. The number of hydrogen-bond donors (Lipinski definition) is 2. The summed E-state index contributed by atoms with van der Waals surface area (Å²) in [5.74, 6) is 1.19. The van der Waals surface area contributed by atoms with E-state index in [1.165, 1.54) is 6.42 Å². The van der Waals surface area contributed by atoms with Gasteiger partial charge in [0.05, 0.1) is 13.1 Å². The molecule has 158 valence electrons. The monoisotopic (exact) mass is 494 g/mol. The molecule has 0 aromatic heterocycles. The zero-order valence-corrected chi connectivity index (χ0v) is 19.7. The Morgan fingerprint density at radius 1 is 1.11 bits per heavy atom. The number of piperazine rings is 1. The van der Waals surface area contributed by atoms with Crippen LogP contribution in [0.25, 0.3) is 0 Å². The predicted molar refractivity (Wildman–Crippen MR) is 123 cm³/mol. The minimum absolute atomic E-state index is 0. The molecule has 27 heavy (non-hydrogen) atoms. The number of likely N-dealkylation sites (N-methyl/N-ethyl adjacent to an activating group) is 1. The van der Waals surface area contributed by atoms with E-state index in [4.69, 9.17) is 4.99 Å². The molecule has 8 heteroatoms. The highest BCUT2D eigenvalue weighted by Crippen LogP contribution is 2.18. The van der Waals surface area contributed by atoms with Crippen LogP contribution in [0.15, 0.2) is 4.99 Å². The van der Waals surface area contributed by atoms with Crippen LogP contribution in [0.5, 0.6) is 0 Å². The average Bonchev–Trinajstić information content (AvgIpc) is 3.44. The van der Waals surface area contributed by atoms with Crippen molar-refractivity contribution in [3.8, 4) is 0 Å². The summed E-state index contributed by atoms with van der Waals surface area (Å²) in [7, 11) is 0. The van der Waals surface area contributed by atoms with Crippen molar-refractivity contribution in [2.24, 2.45) is 4.99 Å². The van der Waals surface area contributed by atoms with Crippen molar-refractivity contribution in [3.05, 3.63) is 0 Å². The van der Waals surface area contributed by atoms with Crippen LogP contribution in [0.1, 0.15) is 40.0 Å². The van der Waals surface area contributed by atoms with E-state index in [0.29, 0.717) is 12.6 Å². The number of nitrogens with zero attached hydrogens (tertiary/aromatic N) is 4. The van der Waals surface area contributed by atoms with E-state index in [1.807, 2.05) is 0 Å². The second-order valence-corrected chi connectivity index (χ2v) is 7.27.